The van der Waals surface area contributed by atoms with E-state index < -0.39 is 17.5 Å². The van der Waals surface area contributed by atoms with Crippen LogP contribution < -0.4 is 0 Å². The fourth-order valence-corrected chi connectivity index (χ4v) is 1.84. The molecule has 0 saturated heterocycles. The third-order valence-electron chi connectivity index (χ3n) is 2.54. The van der Waals surface area contributed by atoms with E-state index in [9.17, 15) is 9.90 Å². The van der Waals surface area contributed by atoms with Crippen molar-refractivity contribution in [1.82, 2.24) is 0 Å². The number of hydrogen-bond donors (Lipinski definition) is 2. The van der Waals surface area contributed by atoms with Gasteiger partial charge >= 0.3 is 5.97 Å². The Morgan fingerprint density at radius 1 is 1.31 bits per heavy atom. The lowest BCUT2D eigenvalue weighted by Gasteiger charge is -2.31. The highest BCUT2D eigenvalue weighted by Gasteiger charge is 2.35. The van der Waals surface area contributed by atoms with Gasteiger partial charge in [-0.2, -0.15) is 0 Å². The molecular weight excluding hydrogens is 168 g/mol. The van der Waals surface area contributed by atoms with E-state index in [1.807, 2.05) is 20.8 Å². The summed E-state index contributed by atoms with van der Waals surface area (Å²) in [6.07, 6.45) is 2.09. The Labute approximate surface area is 79.8 Å². The normalized spacial score (nSPS) is 14.2. The van der Waals surface area contributed by atoms with Gasteiger partial charge in [0.05, 0.1) is 0 Å². The molecule has 0 aliphatic rings. The van der Waals surface area contributed by atoms with E-state index in [0.717, 1.165) is 25.7 Å². The van der Waals surface area contributed by atoms with Gasteiger partial charge in [-0.25, -0.2) is 4.79 Å². The third kappa shape index (κ3) is 3.35. The van der Waals surface area contributed by atoms with Crippen molar-refractivity contribution in [1.29, 1.82) is 0 Å². The second-order valence-electron chi connectivity index (χ2n) is 3.89. The number of rotatable bonds is 6. The monoisotopic (exact) mass is 188 g/mol. The van der Waals surface area contributed by atoms with Gasteiger partial charge in [0, 0.05) is 5.41 Å². The molecule has 0 aromatic heterocycles. The zero-order valence-corrected chi connectivity index (χ0v) is 8.71. The predicted octanol–water partition coefficient (Wildman–Crippen LogP) is 2.04. The van der Waals surface area contributed by atoms with E-state index in [4.69, 9.17) is 5.11 Å². The molecule has 0 heterocycles. The van der Waals surface area contributed by atoms with Crippen molar-refractivity contribution in [2.45, 2.75) is 52.6 Å². The van der Waals surface area contributed by atoms with Crippen LogP contribution in [0.25, 0.3) is 0 Å². The first-order chi connectivity index (χ1) is 5.98. The van der Waals surface area contributed by atoms with Crippen molar-refractivity contribution in [3.05, 3.63) is 0 Å². The van der Waals surface area contributed by atoms with Gasteiger partial charge < -0.3 is 10.2 Å². The summed E-state index contributed by atoms with van der Waals surface area (Å²) in [6, 6.07) is 0. The Morgan fingerprint density at radius 3 is 1.92 bits per heavy atom. The number of hydrogen-bond acceptors (Lipinski definition) is 2. The molecule has 0 spiro atoms. The Kier molecular flexibility index (Phi) is 4.99. The molecule has 0 rings (SSSR count). The first-order valence-corrected chi connectivity index (χ1v) is 4.88. The van der Waals surface area contributed by atoms with Gasteiger partial charge in [-0.3, -0.25) is 0 Å². The first-order valence-electron chi connectivity index (χ1n) is 4.88. The van der Waals surface area contributed by atoms with Crippen molar-refractivity contribution in [3.8, 4) is 0 Å². The lowest BCUT2D eigenvalue weighted by atomic mass is 9.76. The summed E-state index contributed by atoms with van der Waals surface area (Å²) in [7, 11) is 0. The maximum atomic E-state index is 10.6. The molecule has 0 aliphatic heterocycles. The fraction of sp³-hybridized carbons (Fsp3) is 0.900. The molecule has 0 amide bonds. The zero-order valence-electron chi connectivity index (χ0n) is 8.71. The van der Waals surface area contributed by atoms with Crippen molar-refractivity contribution in [3.63, 3.8) is 0 Å². The molecule has 0 fully saturated rings. The molecule has 0 aromatic carbocycles. The van der Waals surface area contributed by atoms with E-state index in [0.29, 0.717) is 0 Å². The number of carboxylic acid groups (broad SMARTS) is 1. The molecule has 0 radical (unpaired) electrons. The molecule has 2 N–H and O–H groups in total. The average molecular weight is 188 g/mol. The minimum atomic E-state index is -1.23. The van der Waals surface area contributed by atoms with Crippen LogP contribution in [0.1, 0.15) is 46.5 Å². The van der Waals surface area contributed by atoms with Crippen LogP contribution in [0.3, 0.4) is 0 Å². The number of aliphatic carboxylic acids is 1. The molecule has 0 saturated carbocycles. The van der Waals surface area contributed by atoms with Gasteiger partial charge in [0.1, 0.15) is 0 Å². The topological polar surface area (TPSA) is 57.5 Å². The summed E-state index contributed by atoms with van der Waals surface area (Å²) in [6.45, 7) is 5.85. The zero-order chi connectivity index (χ0) is 10.5. The molecule has 78 valence electrons. The largest absolute Gasteiger partial charge is 0.479 e. The third-order valence-corrected chi connectivity index (χ3v) is 2.54. The smallest absolute Gasteiger partial charge is 0.333 e. The number of carboxylic acids is 1. The number of carbonyl (C=O) groups is 1. The molecule has 0 bridgehead atoms. The summed E-state index contributed by atoms with van der Waals surface area (Å²) in [5, 5.41) is 18.2. The van der Waals surface area contributed by atoms with E-state index >= 15 is 0 Å². The second kappa shape index (κ2) is 5.22. The quantitative estimate of drug-likeness (QED) is 0.670. The van der Waals surface area contributed by atoms with Crippen LogP contribution in [-0.4, -0.2) is 22.3 Å². The van der Waals surface area contributed by atoms with Gasteiger partial charge in [-0.15, -0.1) is 0 Å². The van der Waals surface area contributed by atoms with Gasteiger partial charge in [0.2, 0.25) is 0 Å². The molecule has 3 heteroatoms. The SMILES string of the molecule is CCCC(C)(CCC)C(O)C(=O)O. The highest BCUT2D eigenvalue weighted by atomic mass is 16.4. The maximum Gasteiger partial charge on any atom is 0.333 e. The van der Waals surface area contributed by atoms with Crippen LogP contribution in [0.2, 0.25) is 0 Å². The van der Waals surface area contributed by atoms with E-state index in [2.05, 4.69) is 0 Å². The Balaban J connectivity index is 4.45. The number of aliphatic hydroxyl groups is 1. The van der Waals surface area contributed by atoms with Crippen LogP contribution in [0, 0.1) is 5.41 Å². The minimum absolute atomic E-state index is 0.463. The van der Waals surface area contributed by atoms with Gasteiger partial charge in [0.15, 0.2) is 6.10 Å². The minimum Gasteiger partial charge on any atom is -0.479 e. The highest BCUT2D eigenvalue weighted by molar-refractivity contribution is 5.73. The van der Waals surface area contributed by atoms with Crippen molar-refractivity contribution >= 4 is 5.97 Å². The summed E-state index contributed by atoms with van der Waals surface area (Å²) in [5.74, 6) is -1.11. The van der Waals surface area contributed by atoms with Crippen molar-refractivity contribution in [2.75, 3.05) is 0 Å². The molecular formula is C10H20O3. The van der Waals surface area contributed by atoms with Crippen LogP contribution >= 0.6 is 0 Å². The summed E-state index contributed by atoms with van der Waals surface area (Å²) < 4.78 is 0. The molecule has 3 nitrogen and oxygen atoms in total. The van der Waals surface area contributed by atoms with Crippen LogP contribution in [0.4, 0.5) is 0 Å². The Bertz CT molecular complexity index is 160. The van der Waals surface area contributed by atoms with Crippen LogP contribution in [0.5, 0.6) is 0 Å². The van der Waals surface area contributed by atoms with Crippen molar-refractivity contribution in [2.24, 2.45) is 5.41 Å². The van der Waals surface area contributed by atoms with Crippen LogP contribution in [0.15, 0.2) is 0 Å². The van der Waals surface area contributed by atoms with Gasteiger partial charge in [0.25, 0.3) is 0 Å². The van der Waals surface area contributed by atoms with E-state index in [-0.39, 0.29) is 0 Å². The van der Waals surface area contributed by atoms with Crippen LogP contribution in [-0.2, 0) is 4.79 Å². The van der Waals surface area contributed by atoms with E-state index in [1.165, 1.54) is 0 Å². The standard InChI is InChI=1S/C10H20O3/c1-4-6-10(3,7-5-2)8(11)9(12)13/h8,11H,4-7H2,1-3H3,(H,12,13). The maximum absolute atomic E-state index is 10.6. The lowest BCUT2D eigenvalue weighted by Crippen LogP contribution is -2.38. The van der Waals surface area contributed by atoms with Crippen molar-refractivity contribution < 1.29 is 15.0 Å². The molecule has 1 atom stereocenters. The predicted molar refractivity (Wildman–Crippen MR) is 51.6 cm³/mol. The molecule has 1 unspecified atom stereocenters. The molecule has 0 aliphatic carbocycles. The summed E-state index contributed by atoms with van der Waals surface area (Å²) in [5.41, 5.74) is -0.463. The lowest BCUT2D eigenvalue weighted by molar-refractivity contribution is -0.154. The van der Waals surface area contributed by atoms with E-state index in [1.54, 1.807) is 0 Å². The first kappa shape index (κ1) is 12.4. The number of aliphatic hydroxyl groups excluding tert-OH is 1. The Morgan fingerprint density at radius 2 is 1.69 bits per heavy atom. The molecule has 0 aromatic rings. The second-order valence-corrected chi connectivity index (χ2v) is 3.89. The average Bonchev–Trinajstić information content (AvgIpc) is 2.03. The summed E-state index contributed by atoms with van der Waals surface area (Å²) >= 11 is 0. The molecule has 13 heavy (non-hydrogen) atoms. The van der Waals surface area contributed by atoms with Gasteiger partial charge in [-0.1, -0.05) is 33.6 Å². The van der Waals surface area contributed by atoms with Gasteiger partial charge in [-0.05, 0) is 12.8 Å². The fourth-order valence-electron chi connectivity index (χ4n) is 1.84. The Hall–Kier alpha value is -0.570. The summed E-state index contributed by atoms with van der Waals surface area (Å²) in [4.78, 5) is 10.6. The highest BCUT2D eigenvalue weighted by Crippen LogP contribution is 2.33.